The lowest BCUT2D eigenvalue weighted by atomic mass is 9.95. The molecule has 2 aliphatic heterocycles. The molecule has 0 radical (unpaired) electrons. The van der Waals surface area contributed by atoms with Crippen molar-refractivity contribution >= 4 is 5.91 Å². The van der Waals surface area contributed by atoms with Gasteiger partial charge >= 0.3 is 0 Å². The topological polar surface area (TPSA) is 198 Å². The maximum atomic E-state index is 11.4. The smallest absolute Gasteiger partial charge is 0.217 e. The molecule has 0 unspecified atom stereocenters. The van der Waals surface area contributed by atoms with Gasteiger partial charge in [0.2, 0.25) is 5.91 Å². The van der Waals surface area contributed by atoms with Gasteiger partial charge in [-0.05, 0) is 0 Å². The number of hydrogen-bond donors (Lipinski definition) is 8. The summed E-state index contributed by atoms with van der Waals surface area (Å²) >= 11 is 0. The van der Waals surface area contributed by atoms with Crippen molar-refractivity contribution in [3.05, 3.63) is 0 Å². The fourth-order valence-corrected chi connectivity index (χ4v) is 2.97. The summed E-state index contributed by atoms with van der Waals surface area (Å²) in [5.74, 6) is -0.581. The zero-order chi connectivity index (χ0) is 19.6. The number of ether oxygens (including phenoxy) is 3. The van der Waals surface area contributed by atoms with Gasteiger partial charge in [-0.2, -0.15) is 0 Å². The number of amides is 1. The van der Waals surface area contributed by atoms with E-state index in [0.29, 0.717) is 0 Å². The normalized spacial score (nSPS) is 46.8. The summed E-state index contributed by atoms with van der Waals surface area (Å²) in [5, 5.41) is 70.8. The summed E-state index contributed by atoms with van der Waals surface area (Å²) in [5.41, 5.74) is 0. The second-order valence-corrected chi connectivity index (χ2v) is 6.26. The number of hydrogen-bond acceptors (Lipinski definition) is 11. The third kappa shape index (κ3) is 4.31. The van der Waals surface area contributed by atoms with Crippen molar-refractivity contribution in [3.8, 4) is 0 Å². The number of rotatable bonds is 5. The first-order valence-electron chi connectivity index (χ1n) is 8.06. The quantitative estimate of drug-likeness (QED) is 0.226. The van der Waals surface area contributed by atoms with Crippen LogP contribution >= 0.6 is 0 Å². The largest absolute Gasteiger partial charge is 0.394 e. The average molecular weight is 383 g/mol. The van der Waals surface area contributed by atoms with Crippen molar-refractivity contribution in [1.29, 1.82) is 0 Å². The lowest BCUT2D eigenvalue weighted by Crippen LogP contribution is -2.67. The number of carbonyl (C=O) groups excluding carboxylic acids is 1. The molecule has 152 valence electrons. The molecular formula is C14H25NO11. The maximum absolute atomic E-state index is 11.4. The van der Waals surface area contributed by atoms with E-state index in [-0.39, 0.29) is 0 Å². The van der Waals surface area contributed by atoms with Crippen molar-refractivity contribution < 1.29 is 54.8 Å². The van der Waals surface area contributed by atoms with E-state index >= 15 is 0 Å². The van der Waals surface area contributed by atoms with Gasteiger partial charge in [-0.3, -0.25) is 4.79 Å². The highest BCUT2D eigenvalue weighted by Crippen LogP contribution is 2.28. The van der Waals surface area contributed by atoms with E-state index in [0.717, 1.165) is 6.92 Å². The molecule has 2 rings (SSSR count). The molecule has 26 heavy (non-hydrogen) atoms. The van der Waals surface area contributed by atoms with E-state index in [1.807, 2.05) is 0 Å². The highest BCUT2D eigenvalue weighted by molar-refractivity contribution is 5.73. The Morgan fingerprint density at radius 1 is 0.923 bits per heavy atom. The summed E-state index contributed by atoms with van der Waals surface area (Å²) in [4.78, 5) is 11.4. The van der Waals surface area contributed by atoms with Gasteiger partial charge in [-0.1, -0.05) is 0 Å². The average Bonchev–Trinajstić information content (AvgIpc) is 2.60. The third-order valence-corrected chi connectivity index (χ3v) is 4.38. The molecule has 0 saturated carbocycles. The molecule has 10 atom stereocenters. The maximum Gasteiger partial charge on any atom is 0.217 e. The van der Waals surface area contributed by atoms with Crippen LogP contribution in [0.3, 0.4) is 0 Å². The summed E-state index contributed by atoms with van der Waals surface area (Å²) in [7, 11) is 0. The van der Waals surface area contributed by atoms with Crippen LogP contribution in [0.15, 0.2) is 0 Å². The van der Waals surface area contributed by atoms with Crippen LogP contribution in [0.25, 0.3) is 0 Å². The molecular weight excluding hydrogens is 358 g/mol. The van der Waals surface area contributed by atoms with Crippen LogP contribution < -0.4 is 5.32 Å². The van der Waals surface area contributed by atoms with Crippen molar-refractivity contribution in [2.24, 2.45) is 0 Å². The molecule has 0 aromatic heterocycles. The SMILES string of the molecule is CC(=O)N[C@H]1[C@H](O[C@@H]2[C@H](O)[C@H](O)O[C@H](CO)[C@H]2O)O[C@H](CO)[C@@H](O)[C@@H]1O. The molecule has 2 heterocycles. The Balaban J connectivity index is 2.22. The Morgan fingerprint density at radius 2 is 1.50 bits per heavy atom. The summed E-state index contributed by atoms with van der Waals surface area (Å²) in [6, 6.07) is -1.29. The van der Waals surface area contributed by atoms with E-state index in [4.69, 9.17) is 14.2 Å². The van der Waals surface area contributed by atoms with Gasteiger partial charge in [0.15, 0.2) is 12.6 Å². The second kappa shape index (κ2) is 8.84. The molecule has 0 bridgehead atoms. The molecule has 2 aliphatic rings. The minimum atomic E-state index is -1.77. The Labute approximate surface area is 148 Å². The van der Waals surface area contributed by atoms with Gasteiger partial charge < -0.3 is 55.3 Å². The molecule has 1 amide bonds. The lowest BCUT2D eigenvalue weighted by Gasteiger charge is -2.46. The van der Waals surface area contributed by atoms with Gasteiger partial charge in [-0.25, -0.2) is 0 Å². The fourth-order valence-electron chi connectivity index (χ4n) is 2.97. The standard InChI is InChI=1S/C14H25NO11/c1-4(18)15-7-10(21)8(19)5(2-16)25-14(7)26-12-9(20)6(3-17)24-13(23)11(12)22/h5-14,16-17,19-23H,2-3H2,1H3,(H,15,18)/t5-,6-,7-,8-,9-,10-,11+,12+,13-,14+/m1/s1. The Bertz CT molecular complexity index is 480. The molecule has 12 nitrogen and oxygen atoms in total. The lowest BCUT2D eigenvalue weighted by molar-refractivity contribution is -0.341. The van der Waals surface area contributed by atoms with Crippen molar-refractivity contribution in [2.45, 2.75) is 68.3 Å². The van der Waals surface area contributed by atoms with Crippen LogP contribution in [-0.4, -0.2) is 116 Å². The summed E-state index contributed by atoms with van der Waals surface area (Å²) in [6.07, 6.45) is -13.7. The molecule has 2 saturated heterocycles. The third-order valence-electron chi connectivity index (χ3n) is 4.38. The highest BCUT2D eigenvalue weighted by Gasteiger charge is 2.50. The molecule has 0 spiro atoms. The molecule has 0 aromatic carbocycles. The van der Waals surface area contributed by atoms with Crippen molar-refractivity contribution in [2.75, 3.05) is 13.2 Å². The van der Waals surface area contributed by atoms with Gasteiger partial charge in [0.25, 0.3) is 0 Å². The van der Waals surface area contributed by atoms with E-state index in [1.165, 1.54) is 0 Å². The zero-order valence-electron chi connectivity index (χ0n) is 14.0. The molecule has 0 aliphatic carbocycles. The monoisotopic (exact) mass is 383 g/mol. The van der Waals surface area contributed by atoms with Crippen molar-refractivity contribution in [3.63, 3.8) is 0 Å². The molecule has 0 aromatic rings. The minimum Gasteiger partial charge on any atom is -0.394 e. The zero-order valence-corrected chi connectivity index (χ0v) is 14.0. The number of aliphatic hydroxyl groups excluding tert-OH is 7. The van der Waals surface area contributed by atoms with E-state index in [2.05, 4.69) is 5.32 Å². The van der Waals surface area contributed by atoms with E-state index in [9.17, 15) is 40.5 Å². The number of nitrogens with one attached hydrogen (secondary N) is 1. The highest BCUT2D eigenvalue weighted by atomic mass is 16.7. The Kier molecular flexibility index (Phi) is 7.27. The van der Waals surface area contributed by atoms with Gasteiger partial charge in [0.05, 0.1) is 13.2 Å². The predicted molar refractivity (Wildman–Crippen MR) is 80.2 cm³/mol. The number of aliphatic hydroxyl groups is 7. The first kappa shape index (κ1) is 21.4. The van der Waals surface area contributed by atoms with Crippen LogP contribution in [0.2, 0.25) is 0 Å². The molecule has 8 N–H and O–H groups in total. The van der Waals surface area contributed by atoms with E-state index in [1.54, 1.807) is 0 Å². The van der Waals surface area contributed by atoms with Crippen LogP contribution in [-0.2, 0) is 19.0 Å². The minimum absolute atomic E-state index is 0.581. The fraction of sp³-hybridized carbons (Fsp3) is 0.929. The van der Waals surface area contributed by atoms with Gasteiger partial charge in [-0.15, -0.1) is 0 Å². The van der Waals surface area contributed by atoms with Gasteiger partial charge in [0, 0.05) is 6.92 Å². The van der Waals surface area contributed by atoms with Crippen LogP contribution in [0.4, 0.5) is 0 Å². The van der Waals surface area contributed by atoms with Crippen LogP contribution in [0.5, 0.6) is 0 Å². The second-order valence-electron chi connectivity index (χ2n) is 6.26. The van der Waals surface area contributed by atoms with E-state index < -0.39 is 80.5 Å². The summed E-state index contributed by atoms with van der Waals surface area (Å²) in [6.45, 7) is -0.199. The molecule has 2 fully saturated rings. The molecule has 12 heteroatoms. The first-order valence-corrected chi connectivity index (χ1v) is 8.06. The van der Waals surface area contributed by atoms with Gasteiger partial charge in [0.1, 0.15) is 48.8 Å². The predicted octanol–water partition coefficient (Wildman–Crippen LogP) is -5.25. The summed E-state index contributed by atoms with van der Waals surface area (Å²) < 4.78 is 15.6. The van der Waals surface area contributed by atoms with Crippen LogP contribution in [0.1, 0.15) is 6.92 Å². The Hall–Kier alpha value is -0.930. The first-order chi connectivity index (χ1) is 12.2. The van der Waals surface area contributed by atoms with Crippen LogP contribution in [0, 0.1) is 0 Å². The number of carbonyl (C=O) groups is 1. The Morgan fingerprint density at radius 3 is 2.04 bits per heavy atom. The van der Waals surface area contributed by atoms with Crippen molar-refractivity contribution in [1.82, 2.24) is 5.32 Å².